The molecular weight excluding hydrogens is 274 g/mol. The Morgan fingerprint density at radius 2 is 2.10 bits per heavy atom. The van der Waals surface area contributed by atoms with E-state index in [0.29, 0.717) is 15.8 Å². The molecule has 112 valence electrons. The first-order chi connectivity index (χ1) is 9.47. The number of hydrogen-bond donors (Lipinski definition) is 2. The zero-order valence-electron chi connectivity index (χ0n) is 12.3. The third kappa shape index (κ3) is 3.61. The summed E-state index contributed by atoms with van der Waals surface area (Å²) in [4.78, 5) is 21.5. The van der Waals surface area contributed by atoms with Gasteiger partial charge in [0.05, 0.1) is 0 Å². The number of nitrogens with one attached hydrogen (secondary N) is 1. The predicted octanol–water partition coefficient (Wildman–Crippen LogP) is 1.32. The molecule has 0 saturated carbocycles. The molecule has 1 fully saturated rings. The van der Waals surface area contributed by atoms with Crippen molar-refractivity contribution in [3.63, 3.8) is 0 Å². The van der Waals surface area contributed by atoms with E-state index >= 15 is 0 Å². The lowest BCUT2D eigenvalue weighted by molar-refractivity contribution is 0.0768. The molecule has 0 spiro atoms. The molecule has 20 heavy (non-hydrogen) atoms. The average Bonchev–Trinajstić information content (AvgIpc) is 2.58. The van der Waals surface area contributed by atoms with Crippen LogP contribution in [0.3, 0.4) is 0 Å². The minimum atomic E-state index is 0.00658. The summed E-state index contributed by atoms with van der Waals surface area (Å²) in [7, 11) is 2.08. The van der Waals surface area contributed by atoms with Crippen molar-refractivity contribution in [2.75, 3.05) is 44.3 Å². The van der Waals surface area contributed by atoms with E-state index in [9.17, 15) is 4.79 Å². The van der Waals surface area contributed by atoms with Crippen LogP contribution in [-0.4, -0.2) is 60.0 Å². The van der Waals surface area contributed by atoms with Crippen LogP contribution in [0.15, 0.2) is 0 Å². The van der Waals surface area contributed by atoms with Crippen LogP contribution in [-0.2, 0) is 0 Å². The maximum Gasteiger partial charge on any atom is 0.267 e. The minimum absolute atomic E-state index is 0.00658. The summed E-state index contributed by atoms with van der Waals surface area (Å²) in [5.41, 5.74) is 5.89. The Morgan fingerprint density at radius 3 is 2.80 bits per heavy atom. The van der Waals surface area contributed by atoms with Gasteiger partial charge < -0.3 is 20.9 Å². The van der Waals surface area contributed by atoms with Crippen LogP contribution < -0.4 is 11.1 Å². The first-order valence-corrected chi connectivity index (χ1v) is 7.79. The number of carbonyl (C=O) groups excluding carboxylic acids is 1. The molecule has 6 nitrogen and oxygen atoms in total. The summed E-state index contributed by atoms with van der Waals surface area (Å²) < 4.78 is 0. The van der Waals surface area contributed by atoms with Gasteiger partial charge in [-0.2, -0.15) is 0 Å². The number of nitrogens with two attached hydrogens (primary N) is 1. The normalized spacial score (nSPS) is 17.3. The van der Waals surface area contributed by atoms with Gasteiger partial charge >= 0.3 is 0 Å². The van der Waals surface area contributed by atoms with E-state index in [0.717, 1.165) is 32.6 Å². The molecule has 1 aromatic heterocycles. The third-order valence-corrected chi connectivity index (χ3v) is 4.26. The Kier molecular flexibility index (Phi) is 4.82. The first kappa shape index (κ1) is 15.1. The van der Waals surface area contributed by atoms with Crippen molar-refractivity contribution in [2.45, 2.75) is 26.3 Å². The average molecular weight is 297 g/mol. The second kappa shape index (κ2) is 6.41. The van der Waals surface area contributed by atoms with Gasteiger partial charge in [-0.25, -0.2) is 4.98 Å². The molecule has 1 aliphatic rings. The third-order valence-electron chi connectivity index (χ3n) is 3.27. The standard InChI is InChI=1S/C13H23N5OS/c1-9(2)15-13-16-11(14)10(20-13)12(19)18-6-4-5-17(3)7-8-18/h9H,4-8,14H2,1-3H3,(H,15,16). The molecule has 3 N–H and O–H groups in total. The molecule has 0 atom stereocenters. The molecule has 0 bridgehead atoms. The Bertz CT molecular complexity index is 473. The van der Waals surface area contributed by atoms with Gasteiger partial charge in [-0.3, -0.25) is 4.79 Å². The highest BCUT2D eigenvalue weighted by atomic mass is 32.1. The van der Waals surface area contributed by atoms with E-state index in [1.54, 1.807) is 0 Å². The van der Waals surface area contributed by atoms with Crippen LogP contribution in [0.5, 0.6) is 0 Å². The highest BCUT2D eigenvalue weighted by Crippen LogP contribution is 2.27. The van der Waals surface area contributed by atoms with Gasteiger partial charge in [0.2, 0.25) is 0 Å². The van der Waals surface area contributed by atoms with Crippen molar-refractivity contribution in [3.05, 3.63) is 4.88 Å². The Morgan fingerprint density at radius 1 is 1.35 bits per heavy atom. The van der Waals surface area contributed by atoms with Gasteiger partial charge in [0.25, 0.3) is 5.91 Å². The predicted molar refractivity (Wildman–Crippen MR) is 83.3 cm³/mol. The zero-order valence-corrected chi connectivity index (χ0v) is 13.2. The maximum atomic E-state index is 12.5. The van der Waals surface area contributed by atoms with E-state index in [2.05, 4.69) is 22.2 Å². The molecule has 0 aliphatic carbocycles. The molecule has 1 saturated heterocycles. The summed E-state index contributed by atoms with van der Waals surface area (Å²) in [6.45, 7) is 7.53. The van der Waals surface area contributed by atoms with Crippen LogP contribution in [0.25, 0.3) is 0 Å². The summed E-state index contributed by atoms with van der Waals surface area (Å²) in [6.07, 6.45) is 0.998. The van der Waals surface area contributed by atoms with Crippen molar-refractivity contribution in [1.29, 1.82) is 0 Å². The highest BCUT2D eigenvalue weighted by molar-refractivity contribution is 7.18. The largest absolute Gasteiger partial charge is 0.382 e. The van der Waals surface area contributed by atoms with Crippen LogP contribution in [0.2, 0.25) is 0 Å². The Labute approximate surface area is 124 Å². The number of anilines is 2. The lowest BCUT2D eigenvalue weighted by Gasteiger charge is -2.19. The van der Waals surface area contributed by atoms with E-state index in [4.69, 9.17) is 5.73 Å². The monoisotopic (exact) mass is 297 g/mol. The lowest BCUT2D eigenvalue weighted by Crippen LogP contribution is -2.34. The minimum Gasteiger partial charge on any atom is -0.382 e. The Balaban J connectivity index is 2.10. The van der Waals surface area contributed by atoms with Crippen LogP contribution in [0.1, 0.15) is 29.9 Å². The van der Waals surface area contributed by atoms with Crippen molar-refractivity contribution in [2.24, 2.45) is 0 Å². The summed E-state index contributed by atoms with van der Waals surface area (Å²) in [6, 6.07) is 0.273. The topological polar surface area (TPSA) is 74.5 Å². The second-order valence-corrected chi connectivity index (χ2v) is 6.48. The molecule has 2 rings (SSSR count). The SMILES string of the molecule is CC(C)Nc1nc(N)c(C(=O)N2CCCN(C)CC2)s1. The molecule has 0 radical (unpaired) electrons. The molecule has 0 aromatic carbocycles. The van der Waals surface area contributed by atoms with Gasteiger partial charge in [-0.15, -0.1) is 0 Å². The maximum absolute atomic E-state index is 12.5. The van der Waals surface area contributed by atoms with Crippen molar-refractivity contribution in [3.8, 4) is 0 Å². The van der Waals surface area contributed by atoms with Gasteiger partial charge in [0.15, 0.2) is 5.13 Å². The zero-order chi connectivity index (χ0) is 14.7. The molecule has 2 heterocycles. The Hall–Kier alpha value is -1.34. The molecule has 7 heteroatoms. The number of hydrogen-bond acceptors (Lipinski definition) is 6. The number of carbonyl (C=O) groups is 1. The smallest absolute Gasteiger partial charge is 0.267 e. The van der Waals surface area contributed by atoms with E-state index < -0.39 is 0 Å². The van der Waals surface area contributed by atoms with Gasteiger partial charge in [-0.05, 0) is 33.9 Å². The molecule has 1 amide bonds. The molecule has 1 aliphatic heterocycles. The van der Waals surface area contributed by atoms with E-state index in [1.165, 1.54) is 11.3 Å². The van der Waals surface area contributed by atoms with Gasteiger partial charge in [0, 0.05) is 25.7 Å². The fourth-order valence-corrected chi connectivity index (χ4v) is 3.19. The summed E-state index contributed by atoms with van der Waals surface area (Å²) >= 11 is 1.35. The van der Waals surface area contributed by atoms with E-state index in [-0.39, 0.29) is 11.9 Å². The van der Waals surface area contributed by atoms with Crippen LogP contribution in [0.4, 0.5) is 10.9 Å². The quantitative estimate of drug-likeness (QED) is 0.880. The van der Waals surface area contributed by atoms with Crippen LogP contribution >= 0.6 is 11.3 Å². The fraction of sp³-hybridized carbons (Fsp3) is 0.692. The van der Waals surface area contributed by atoms with Crippen molar-refractivity contribution >= 4 is 28.2 Å². The number of aromatic nitrogens is 1. The summed E-state index contributed by atoms with van der Waals surface area (Å²) in [5.74, 6) is 0.341. The first-order valence-electron chi connectivity index (χ1n) is 6.98. The molecular formula is C13H23N5OS. The van der Waals surface area contributed by atoms with E-state index in [1.807, 2.05) is 18.7 Å². The fourth-order valence-electron chi connectivity index (χ4n) is 2.19. The number of amides is 1. The number of nitrogen functional groups attached to an aromatic ring is 1. The number of likely N-dealkylation sites (N-methyl/N-ethyl adjacent to an activating group) is 1. The second-order valence-electron chi connectivity index (χ2n) is 5.48. The number of rotatable bonds is 3. The highest BCUT2D eigenvalue weighted by Gasteiger charge is 2.23. The van der Waals surface area contributed by atoms with Crippen molar-refractivity contribution < 1.29 is 4.79 Å². The van der Waals surface area contributed by atoms with Gasteiger partial charge in [0.1, 0.15) is 10.7 Å². The summed E-state index contributed by atoms with van der Waals surface area (Å²) in [5, 5.41) is 3.91. The van der Waals surface area contributed by atoms with Crippen LogP contribution in [0, 0.1) is 0 Å². The lowest BCUT2D eigenvalue weighted by atomic mass is 10.3. The molecule has 1 aromatic rings. The van der Waals surface area contributed by atoms with Gasteiger partial charge in [-0.1, -0.05) is 11.3 Å². The number of thiazole rings is 1. The molecule has 0 unspecified atom stereocenters. The number of nitrogens with zero attached hydrogens (tertiary/aromatic N) is 3. The van der Waals surface area contributed by atoms with Crippen molar-refractivity contribution in [1.82, 2.24) is 14.8 Å².